The van der Waals surface area contributed by atoms with Gasteiger partial charge < -0.3 is 14.1 Å². The molecule has 0 N–H and O–H groups in total. The summed E-state index contributed by atoms with van der Waals surface area (Å²) in [5.74, 6) is -0.583. The van der Waals surface area contributed by atoms with Crippen molar-refractivity contribution in [1.29, 1.82) is 0 Å². The minimum absolute atomic E-state index is 0.0793. The Bertz CT molecular complexity index is 1080. The number of fused-ring (bicyclic) bond motifs is 2. The number of hydrogen-bond acceptors (Lipinski definition) is 4. The Balaban J connectivity index is 1.40. The second kappa shape index (κ2) is 7.74. The average Bonchev–Trinajstić information content (AvgIpc) is 3.12. The van der Waals surface area contributed by atoms with Crippen LogP contribution < -0.4 is 0 Å². The number of rotatable bonds is 4. The van der Waals surface area contributed by atoms with E-state index in [1.807, 2.05) is 44.2 Å². The molecule has 0 spiro atoms. The van der Waals surface area contributed by atoms with Crippen molar-refractivity contribution in [2.24, 2.45) is 0 Å². The zero-order valence-corrected chi connectivity index (χ0v) is 17.0. The van der Waals surface area contributed by atoms with Crippen molar-refractivity contribution >= 4 is 22.8 Å². The Hall–Kier alpha value is -3.08. The lowest BCUT2D eigenvalue weighted by molar-refractivity contribution is -0.159. The van der Waals surface area contributed by atoms with Gasteiger partial charge >= 0.3 is 5.97 Å². The first kappa shape index (κ1) is 19.2. The van der Waals surface area contributed by atoms with Crippen LogP contribution in [0, 0.1) is 13.8 Å². The van der Waals surface area contributed by atoms with Crippen molar-refractivity contribution in [2.45, 2.75) is 46.3 Å². The van der Waals surface area contributed by atoms with E-state index in [9.17, 15) is 9.59 Å². The third-order valence-electron chi connectivity index (χ3n) is 5.77. The van der Waals surface area contributed by atoms with E-state index in [-0.39, 0.29) is 12.3 Å². The van der Waals surface area contributed by atoms with Crippen molar-refractivity contribution in [1.82, 2.24) is 4.90 Å². The number of furan rings is 1. The first-order chi connectivity index (χ1) is 13.9. The van der Waals surface area contributed by atoms with Crippen LogP contribution in [-0.4, -0.2) is 29.4 Å². The Labute approximate surface area is 170 Å². The molecule has 150 valence electrons. The monoisotopic (exact) mass is 391 g/mol. The molecule has 3 aromatic rings. The van der Waals surface area contributed by atoms with Crippen LogP contribution in [0.15, 0.2) is 47.1 Å². The highest BCUT2D eigenvalue weighted by Gasteiger charge is 2.27. The van der Waals surface area contributed by atoms with E-state index in [1.54, 1.807) is 18.1 Å². The quantitative estimate of drug-likeness (QED) is 0.628. The molecule has 4 rings (SSSR count). The number of aryl methyl sites for hydroxylation is 2. The van der Waals surface area contributed by atoms with E-state index in [1.165, 1.54) is 5.56 Å². The standard InChI is InChI=1S/C24H25NO4/c1-15-8-9-21-20(14-28-23(21)16(15)2)12-22(26)29-17(3)24(27)25-11-10-18-6-4-5-7-19(18)13-25/h4-9,14,17H,10-13H2,1-3H3/t17-/m0/s1. The van der Waals surface area contributed by atoms with E-state index in [0.29, 0.717) is 13.1 Å². The van der Waals surface area contributed by atoms with E-state index in [0.717, 1.165) is 39.6 Å². The average molecular weight is 391 g/mol. The summed E-state index contributed by atoms with van der Waals surface area (Å²) in [7, 11) is 0. The van der Waals surface area contributed by atoms with Crippen LogP contribution in [0.4, 0.5) is 0 Å². The van der Waals surface area contributed by atoms with E-state index >= 15 is 0 Å². The van der Waals surface area contributed by atoms with Gasteiger partial charge in [-0.3, -0.25) is 9.59 Å². The summed E-state index contributed by atoms with van der Waals surface area (Å²) < 4.78 is 11.1. The van der Waals surface area contributed by atoms with Gasteiger partial charge in [-0.15, -0.1) is 0 Å². The van der Waals surface area contributed by atoms with Crippen molar-refractivity contribution in [3.8, 4) is 0 Å². The molecule has 1 amide bonds. The maximum atomic E-state index is 12.8. The lowest BCUT2D eigenvalue weighted by Gasteiger charge is -2.30. The van der Waals surface area contributed by atoms with Gasteiger partial charge in [0.2, 0.25) is 0 Å². The zero-order valence-electron chi connectivity index (χ0n) is 17.0. The van der Waals surface area contributed by atoms with Crippen LogP contribution in [-0.2, 0) is 33.7 Å². The predicted molar refractivity (Wildman–Crippen MR) is 111 cm³/mol. The van der Waals surface area contributed by atoms with Crippen LogP contribution in [0.5, 0.6) is 0 Å². The fraction of sp³-hybridized carbons (Fsp3) is 0.333. The fourth-order valence-corrected chi connectivity index (χ4v) is 3.91. The third kappa shape index (κ3) is 3.77. The van der Waals surface area contributed by atoms with Gasteiger partial charge in [-0.25, -0.2) is 0 Å². The summed E-state index contributed by atoms with van der Waals surface area (Å²) in [6.07, 6.45) is 1.69. The van der Waals surface area contributed by atoms with Crippen LogP contribution in [0.2, 0.25) is 0 Å². The largest absolute Gasteiger partial charge is 0.464 e. The number of esters is 1. The van der Waals surface area contributed by atoms with Gasteiger partial charge in [-0.05, 0) is 49.4 Å². The summed E-state index contributed by atoms with van der Waals surface area (Å²) in [6, 6.07) is 12.1. The van der Waals surface area contributed by atoms with Gasteiger partial charge in [-0.1, -0.05) is 36.4 Å². The van der Waals surface area contributed by atoms with Crippen LogP contribution in [0.25, 0.3) is 11.0 Å². The first-order valence-corrected chi connectivity index (χ1v) is 9.95. The lowest BCUT2D eigenvalue weighted by atomic mass is 9.99. The minimum atomic E-state index is -0.810. The molecule has 2 heterocycles. The number of hydrogen-bond donors (Lipinski definition) is 0. The summed E-state index contributed by atoms with van der Waals surface area (Å²) in [4.78, 5) is 27.0. The lowest BCUT2D eigenvalue weighted by Crippen LogP contribution is -2.42. The molecule has 0 fully saturated rings. The number of carbonyl (C=O) groups is 2. The van der Waals surface area contributed by atoms with Gasteiger partial charge in [-0.2, -0.15) is 0 Å². The third-order valence-corrected chi connectivity index (χ3v) is 5.77. The molecule has 1 aliphatic heterocycles. The summed E-state index contributed by atoms with van der Waals surface area (Å²) in [5.41, 5.74) is 6.21. The second-order valence-electron chi connectivity index (χ2n) is 7.73. The molecule has 5 heteroatoms. The topological polar surface area (TPSA) is 59.8 Å². The molecule has 29 heavy (non-hydrogen) atoms. The highest BCUT2D eigenvalue weighted by atomic mass is 16.5. The van der Waals surface area contributed by atoms with E-state index in [4.69, 9.17) is 9.15 Å². The molecule has 2 aromatic carbocycles. The zero-order chi connectivity index (χ0) is 20.5. The number of amides is 1. The maximum absolute atomic E-state index is 12.8. The van der Waals surface area contributed by atoms with Crippen LogP contribution in [0.3, 0.4) is 0 Å². The fourth-order valence-electron chi connectivity index (χ4n) is 3.91. The van der Waals surface area contributed by atoms with Gasteiger partial charge in [0, 0.05) is 24.0 Å². The van der Waals surface area contributed by atoms with Crippen LogP contribution >= 0.6 is 0 Å². The minimum Gasteiger partial charge on any atom is -0.464 e. The van der Waals surface area contributed by atoms with E-state index < -0.39 is 12.1 Å². The molecule has 1 aromatic heterocycles. The van der Waals surface area contributed by atoms with Crippen molar-refractivity contribution < 1.29 is 18.7 Å². The number of nitrogens with zero attached hydrogens (tertiary/aromatic N) is 1. The normalized spacial score (nSPS) is 14.5. The number of benzene rings is 2. The first-order valence-electron chi connectivity index (χ1n) is 9.95. The molecule has 0 bridgehead atoms. The SMILES string of the molecule is Cc1ccc2c(CC(=O)O[C@@H](C)C(=O)N3CCc4ccccc4C3)coc2c1C. The molecule has 1 atom stereocenters. The molecule has 0 radical (unpaired) electrons. The molecule has 0 saturated carbocycles. The summed E-state index contributed by atoms with van der Waals surface area (Å²) in [5, 5.41) is 0.914. The number of ether oxygens (including phenoxy) is 1. The molecule has 0 unspecified atom stereocenters. The van der Waals surface area contributed by atoms with Crippen molar-refractivity contribution in [3.05, 3.63) is 70.5 Å². The molecule has 0 saturated heterocycles. The number of carbonyl (C=O) groups excluding carboxylic acids is 2. The second-order valence-corrected chi connectivity index (χ2v) is 7.73. The smallest absolute Gasteiger partial charge is 0.311 e. The molecule has 5 nitrogen and oxygen atoms in total. The Kier molecular flexibility index (Phi) is 5.14. The van der Waals surface area contributed by atoms with E-state index in [2.05, 4.69) is 6.07 Å². The molecule has 0 aliphatic carbocycles. The van der Waals surface area contributed by atoms with Gasteiger partial charge in [0.15, 0.2) is 6.10 Å². The highest BCUT2D eigenvalue weighted by molar-refractivity contribution is 5.89. The predicted octanol–water partition coefficient (Wildman–Crippen LogP) is 4.11. The Morgan fingerprint density at radius 2 is 1.90 bits per heavy atom. The molecular weight excluding hydrogens is 366 g/mol. The van der Waals surface area contributed by atoms with Crippen molar-refractivity contribution in [3.63, 3.8) is 0 Å². The molecule has 1 aliphatic rings. The maximum Gasteiger partial charge on any atom is 0.311 e. The van der Waals surface area contributed by atoms with Crippen molar-refractivity contribution in [2.75, 3.05) is 6.54 Å². The summed E-state index contributed by atoms with van der Waals surface area (Å²) in [6.45, 7) is 6.87. The van der Waals surface area contributed by atoms with Gasteiger partial charge in [0.1, 0.15) is 5.58 Å². The highest BCUT2D eigenvalue weighted by Crippen LogP contribution is 2.27. The Morgan fingerprint density at radius 1 is 1.14 bits per heavy atom. The molecular formula is C24H25NO4. The van der Waals surface area contributed by atoms with Crippen LogP contribution in [0.1, 0.15) is 34.7 Å². The van der Waals surface area contributed by atoms with Gasteiger partial charge in [0.05, 0.1) is 12.7 Å². The summed E-state index contributed by atoms with van der Waals surface area (Å²) >= 11 is 0. The Morgan fingerprint density at radius 3 is 2.69 bits per heavy atom. The van der Waals surface area contributed by atoms with Gasteiger partial charge in [0.25, 0.3) is 5.91 Å².